The summed E-state index contributed by atoms with van der Waals surface area (Å²) in [6.45, 7) is 6.41. The molecule has 0 radical (unpaired) electrons. The average molecular weight is 535 g/mol. The van der Waals surface area contributed by atoms with E-state index in [1.165, 1.54) is 12.1 Å². The molecule has 6 atom stereocenters. The quantitative estimate of drug-likeness (QED) is 0.175. The van der Waals surface area contributed by atoms with Gasteiger partial charge in [-0.25, -0.2) is 4.79 Å². The van der Waals surface area contributed by atoms with Crippen molar-refractivity contribution >= 4 is 17.7 Å². The number of rotatable bonds is 3. The van der Waals surface area contributed by atoms with Crippen LogP contribution in [0.2, 0.25) is 0 Å². The van der Waals surface area contributed by atoms with Crippen LogP contribution in [0.15, 0.2) is 35.4 Å². The van der Waals surface area contributed by atoms with E-state index in [-0.39, 0.29) is 48.3 Å². The number of carbonyl (C=O) groups is 2. The summed E-state index contributed by atoms with van der Waals surface area (Å²) in [4.78, 5) is 24.4. The van der Waals surface area contributed by atoms with Crippen LogP contribution in [0.1, 0.15) is 52.5 Å². The minimum absolute atomic E-state index is 0.117. The van der Waals surface area contributed by atoms with Gasteiger partial charge in [-0.05, 0) is 63.2 Å². The van der Waals surface area contributed by atoms with Gasteiger partial charge in [0.2, 0.25) is 0 Å². The molecular weight excluding hydrogens is 492 g/mol. The van der Waals surface area contributed by atoms with Crippen LogP contribution < -0.4 is 11.1 Å². The van der Waals surface area contributed by atoms with E-state index >= 15 is 0 Å². The van der Waals surface area contributed by atoms with Crippen molar-refractivity contribution in [2.75, 3.05) is 18.5 Å². The number of nitrogens with two attached hydrogens (primary N) is 1. The Labute approximate surface area is 223 Å². The van der Waals surface area contributed by atoms with Crippen molar-refractivity contribution in [3.63, 3.8) is 0 Å². The fraction of sp³-hybridized carbons (Fsp3) is 0.571. The summed E-state index contributed by atoms with van der Waals surface area (Å²) >= 11 is 0. The number of carbonyl (C=O) groups excluding carboxylic acids is 2. The molecule has 1 aromatic rings. The molecule has 0 unspecified atom stereocenters. The molecule has 1 aliphatic heterocycles. The molecule has 8 N–H and O–H groups in total. The van der Waals surface area contributed by atoms with Crippen molar-refractivity contribution < 1.29 is 39.9 Å². The maximum atomic E-state index is 12.8. The maximum Gasteiger partial charge on any atom is 0.405 e. The molecule has 2 rings (SSSR count). The van der Waals surface area contributed by atoms with Crippen LogP contribution in [-0.2, 0) is 16.0 Å². The van der Waals surface area contributed by atoms with E-state index in [4.69, 9.17) is 10.5 Å². The van der Waals surface area contributed by atoms with Crippen molar-refractivity contribution in [3.05, 3.63) is 41.0 Å². The number of aliphatic hydroxyl groups is 3. The van der Waals surface area contributed by atoms with Crippen LogP contribution >= 0.6 is 0 Å². The normalized spacial score (nSPS) is 28.1. The van der Waals surface area contributed by atoms with Crippen LogP contribution in [0.3, 0.4) is 0 Å². The number of aromatic hydroxyl groups is 2. The van der Waals surface area contributed by atoms with Crippen LogP contribution in [0.25, 0.3) is 0 Å². The number of phenols is 2. The van der Waals surface area contributed by atoms with Crippen LogP contribution in [-0.4, -0.2) is 63.0 Å². The van der Waals surface area contributed by atoms with Gasteiger partial charge in [0.05, 0.1) is 11.8 Å². The Hall–Kier alpha value is -3.08. The Morgan fingerprint density at radius 1 is 1.13 bits per heavy atom. The molecule has 10 nitrogen and oxygen atoms in total. The molecule has 0 aliphatic carbocycles. The number of fused-ring (bicyclic) bond motifs is 2. The number of anilines is 1. The number of hydrogen-bond donors (Lipinski definition) is 7. The molecule has 2 amide bonds. The zero-order valence-electron chi connectivity index (χ0n) is 22.6. The Balaban J connectivity index is 2.52. The Bertz CT molecular complexity index is 1040. The zero-order valence-corrected chi connectivity index (χ0v) is 22.6. The van der Waals surface area contributed by atoms with Gasteiger partial charge < -0.3 is 41.3 Å². The average Bonchev–Trinajstić information content (AvgIpc) is 2.86. The second-order valence-corrected chi connectivity index (χ2v) is 10.4. The second-order valence-electron chi connectivity index (χ2n) is 10.4. The van der Waals surface area contributed by atoms with E-state index in [9.17, 15) is 35.1 Å². The third-order valence-electron chi connectivity index (χ3n) is 7.25. The van der Waals surface area contributed by atoms with Crippen LogP contribution in [0.5, 0.6) is 11.5 Å². The number of benzene rings is 1. The smallest absolute Gasteiger partial charge is 0.405 e. The van der Waals surface area contributed by atoms with Gasteiger partial charge in [0, 0.05) is 42.1 Å². The largest absolute Gasteiger partial charge is 0.508 e. The minimum atomic E-state index is -0.995. The highest BCUT2D eigenvalue weighted by Crippen LogP contribution is 2.37. The third-order valence-corrected chi connectivity index (χ3v) is 7.25. The van der Waals surface area contributed by atoms with Gasteiger partial charge in [-0.1, -0.05) is 26.0 Å². The van der Waals surface area contributed by atoms with Crippen LogP contribution in [0, 0.1) is 23.7 Å². The maximum absolute atomic E-state index is 12.8. The summed E-state index contributed by atoms with van der Waals surface area (Å²) in [6.07, 6.45) is 2.03. The van der Waals surface area contributed by atoms with Gasteiger partial charge in [-0.15, -0.1) is 0 Å². The number of ether oxygens (including phenoxy) is 1. The number of nitrogens with one attached hydrogen (secondary N) is 1. The lowest BCUT2D eigenvalue weighted by Crippen LogP contribution is -2.34. The number of primary amides is 1. The van der Waals surface area contributed by atoms with E-state index in [1.54, 1.807) is 32.9 Å². The molecule has 0 saturated carbocycles. The Morgan fingerprint density at radius 3 is 2.39 bits per heavy atom. The van der Waals surface area contributed by atoms with Crippen molar-refractivity contribution in [2.24, 2.45) is 29.4 Å². The van der Waals surface area contributed by atoms with Crippen molar-refractivity contribution in [2.45, 2.75) is 65.6 Å². The van der Waals surface area contributed by atoms with Gasteiger partial charge in [-0.2, -0.15) is 0 Å². The van der Waals surface area contributed by atoms with Gasteiger partial charge in [0.25, 0.3) is 5.91 Å². The van der Waals surface area contributed by atoms with E-state index in [0.29, 0.717) is 30.4 Å². The summed E-state index contributed by atoms with van der Waals surface area (Å²) in [5, 5.41) is 55.1. The summed E-state index contributed by atoms with van der Waals surface area (Å²) in [5.74, 6) is -2.43. The number of allylic oxidation sites excluding steroid dienone is 1. The first-order valence-electron chi connectivity index (χ1n) is 13.0. The first-order chi connectivity index (χ1) is 17.9. The van der Waals surface area contributed by atoms with Gasteiger partial charge >= 0.3 is 6.09 Å². The number of hydrogen-bond acceptors (Lipinski definition) is 8. The van der Waals surface area contributed by atoms with E-state index in [0.717, 1.165) is 0 Å². The van der Waals surface area contributed by atoms with Crippen molar-refractivity contribution in [1.82, 2.24) is 0 Å². The number of phenolic OH excluding ortho intramolecular Hbond substituents is 2. The van der Waals surface area contributed by atoms with Gasteiger partial charge in [0.15, 0.2) is 0 Å². The fourth-order valence-corrected chi connectivity index (χ4v) is 5.09. The number of aliphatic hydroxyl groups excluding tert-OH is 3. The molecule has 0 aromatic heterocycles. The lowest BCUT2D eigenvalue weighted by molar-refractivity contribution is -0.112. The first-order valence-corrected chi connectivity index (χ1v) is 13.0. The minimum Gasteiger partial charge on any atom is -0.508 e. The van der Waals surface area contributed by atoms with Crippen molar-refractivity contribution in [3.8, 4) is 11.5 Å². The monoisotopic (exact) mass is 534 g/mol. The third kappa shape index (κ3) is 8.21. The highest BCUT2D eigenvalue weighted by molar-refractivity contribution is 6.04. The van der Waals surface area contributed by atoms with E-state index in [1.807, 2.05) is 6.92 Å². The molecule has 38 heavy (non-hydrogen) atoms. The molecule has 0 fully saturated rings. The molecule has 1 aliphatic rings. The van der Waals surface area contributed by atoms with Gasteiger partial charge in [-0.3, -0.25) is 4.79 Å². The second kappa shape index (κ2) is 14.2. The van der Waals surface area contributed by atoms with Gasteiger partial charge in [0.1, 0.15) is 17.6 Å². The molecule has 212 valence electrons. The molecule has 1 heterocycles. The first kappa shape index (κ1) is 31.1. The van der Waals surface area contributed by atoms with E-state index in [2.05, 4.69) is 5.32 Å². The predicted octanol–water partition coefficient (Wildman–Crippen LogP) is 2.97. The Kier molecular flexibility index (Phi) is 11.6. The topological polar surface area (TPSA) is 183 Å². The lowest BCUT2D eigenvalue weighted by atomic mass is 9.82. The summed E-state index contributed by atoms with van der Waals surface area (Å²) in [6, 6.07) is 2.81. The number of amides is 2. The van der Waals surface area contributed by atoms with E-state index < -0.39 is 42.0 Å². The predicted molar refractivity (Wildman–Crippen MR) is 143 cm³/mol. The molecule has 10 heteroatoms. The standard InChI is InChI=1S/C28H42N2O8/c1-15-10-20(14-32)24(34)17(3)12-18(4)26(38-28(29)37)19(13-31)7-5-6-16(2)27(36)30-22-8-9-23(33)21(11-15)25(22)35/h6,8-9,12,15,17,19-20,24,26,31-35H,5,7,10-11,13-14H2,1-4H3,(H2,29,37)(H,30,36)/t15-,17-,19+,20+,24+,26-/m0/s1. The summed E-state index contributed by atoms with van der Waals surface area (Å²) in [7, 11) is 0. The fourth-order valence-electron chi connectivity index (χ4n) is 5.09. The van der Waals surface area contributed by atoms with Crippen molar-refractivity contribution in [1.29, 1.82) is 0 Å². The highest BCUT2D eigenvalue weighted by Gasteiger charge is 2.30. The molecule has 0 saturated heterocycles. The highest BCUT2D eigenvalue weighted by atomic mass is 16.6. The molecule has 1 aromatic carbocycles. The zero-order chi connectivity index (χ0) is 28.6. The molecular formula is C28H42N2O8. The lowest BCUT2D eigenvalue weighted by Gasteiger charge is -2.30. The molecule has 2 bridgehead atoms. The summed E-state index contributed by atoms with van der Waals surface area (Å²) in [5.41, 5.74) is 6.70. The SMILES string of the molecule is CC1=CCC[C@H](CO)[C@@H](OC(N)=O)C(C)=C[C@H](C)[C@@H](O)[C@@H](CO)C[C@H](C)Cc2c(O)ccc(c2O)NC1=O. The van der Waals surface area contributed by atoms with Crippen LogP contribution in [0.4, 0.5) is 10.5 Å². The summed E-state index contributed by atoms with van der Waals surface area (Å²) < 4.78 is 5.34. The Morgan fingerprint density at radius 2 is 1.79 bits per heavy atom. The molecule has 0 spiro atoms.